The van der Waals surface area contributed by atoms with Gasteiger partial charge >= 0.3 is 0 Å². The average Bonchev–Trinajstić information content (AvgIpc) is 3.32. The molecule has 0 unspecified atom stereocenters. The van der Waals surface area contributed by atoms with Gasteiger partial charge in [0.2, 0.25) is 5.89 Å². The van der Waals surface area contributed by atoms with Gasteiger partial charge in [-0.2, -0.15) is 4.98 Å². The third-order valence-electron chi connectivity index (χ3n) is 4.87. The van der Waals surface area contributed by atoms with E-state index in [1.807, 2.05) is 12.1 Å². The Labute approximate surface area is 141 Å². The predicted octanol–water partition coefficient (Wildman–Crippen LogP) is 2.73. The monoisotopic (exact) mass is 347 g/mol. The van der Waals surface area contributed by atoms with Crippen molar-refractivity contribution >= 4 is 15.5 Å². The number of rotatable bonds is 4. The van der Waals surface area contributed by atoms with Crippen LogP contribution in [-0.4, -0.2) is 37.9 Å². The molecule has 6 nitrogen and oxygen atoms in total. The predicted molar refractivity (Wildman–Crippen MR) is 90.0 cm³/mol. The largest absolute Gasteiger partial charge is 0.371 e. The molecule has 1 saturated heterocycles. The van der Waals surface area contributed by atoms with Gasteiger partial charge in [-0.05, 0) is 49.9 Å². The molecule has 2 fully saturated rings. The molecule has 4 rings (SSSR count). The zero-order chi connectivity index (χ0) is 16.7. The van der Waals surface area contributed by atoms with Crippen molar-refractivity contribution in [1.82, 2.24) is 10.1 Å². The number of piperidine rings is 1. The van der Waals surface area contributed by atoms with Crippen molar-refractivity contribution in [3.63, 3.8) is 0 Å². The van der Waals surface area contributed by atoms with E-state index >= 15 is 0 Å². The molecular formula is C17H21N3O3S. The van der Waals surface area contributed by atoms with Crippen LogP contribution in [0.25, 0.3) is 0 Å². The lowest BCUT2D eigenvalue weighted by Gasteiger charge is -2.32. The van der Waals surface area contributed by atoms with Crippen LogP contribution in [0.4, 0.5) is 5.69 Å². The fourth-order valence-electron chi connectivity index (χ4n) is 3.21. The fourth-order valence-corrected chi connectivity index (χ4v) is 3.84. The molecule has 0 N–H and O–H groups in total. The molecule has 2 aliphatic rings. The maximum atomic E-state index is 11.5. The molecule has 2 aromatic rings. The molecule has 0 radical (unpaired) electrons. The minimum Gasteiger partial charge on any atom is -0.371 e. The van der Waals surface area contributed by atoms with E-state index < -0.39 is 9.84 Å². The van der Waals surface area contributed by atoms with Gasteiger partial charge in [-0.3, -0.25) is 0 Å². The second-order valence-corrected chi connectivity index (χ2v) is 8.81. The van der Waals surface area contributed by atoms with E-state index in [1.165, 1.54) is 19.1 Å². The molecule has 1 aliphatic carbocycles. The smallest absolute Gasteiger partial charge is 0.229 e. The van der Waals surface area contributed by atoms with Gasteiger partial charge < -0.3 is 9.42 Å². The van der Waals surface area contributed by atoms with Crippen LogP contribution in [0.5, 0.6) is 0 Å². The van der Waals surface area contributed by atoms with Crippen molar-refractivity contribution in [2.24, 2.45) is 0 Å². The van der Waals surface area contributed by atoms with Crippen LogP contribution < -0.4 is 4.90 Å². The lowest BCUT2D eigenvalue weighted by molar-refractivity contribution is 0.365. The lowest BCUT2D eigenvalue weighted by atomic mass is 9.96. The number of nitrogens with zero attached hydrogens (tertiary/aromatic N) is 3. The number of anilines is 1. The number of aromatic nitrogens is 2. The molecule has 2 heterocycles. The second-order valence-electron chi connectivity index (χ2n) is 6.79. The average molecular weight is 347 g/mol. The van der Waals surface area contributed by atoms with Gasteiger partial charge in [0, 0.05) is 36.9 Å². The highest BCUT2D eigenvalue weighted by atomic mass is 32.2. The first-order valence-electron chi connectivity index (χ1n) is 8.39. The van der Waals surface area contributed by atoms with Gasteiger partial charge in [0.25, 0.3) is 0 Å². The van der Waals surface area contributed by atoms with Crippen LogP contribution >= 0.6 is 0 Å². The first kappa shape index (κ1) is 15.6. The third kappa shape index (κ3) is 3.17. The molecule has 1 saturated carbocycles. The summed E-state index contributed by atoms with van der Waals surface area (Å²) in [7, 11) is -3.14. The van der Waals surface area contributed by atoms with Crippen LogP contribution in [0.2, 0.25) is 0 Å². The molecule has 128 valence electrons. The summed E-state index contributed by atoms with van der Waals surface area (Å²) in [6, 6.07) is 7.13. The van der Waals surface area contributed by atoms with E-state index in [0.29, 0.717) is 16.7 Å². The lowest BCUT2D eigenvalue weighted by Crippen LogP contribution is -2.33. The summed E-state index contributed by atoms with van der Waals surface area (Å²) in [6.07, 6.45) is 5.54. The van der Waals surface area contributed by atoms with E-state index in [4.69, 9.17) is 4.52 Å². The Kier molecular flexibility index (Phi) is 3.83. The maximum Gasteiger partial charge on any atom is 0.229 e. The van der Waals surface area contributed by atoms with E-state index in [0.717, 1.165) is 43.3 Å². The molecule has 1 aromatic carbocycles. The topological polar surface area (TPSA) is 76.3 Å². The van der Waals surface area contributed by atoms with Crippen molar-refractivity contribution in [3.8, 4) is 0 Å². The SMILES string of the molecule is CS(=O)(=O)c1ccc(N2CCC(c3noc(C4CC4)n3)CC2)cc1. The van der Waals surface area contributed by atoms with Crippen LogP contribution in [0, 0.1) is 0 Å². The molecule has 1 aliphatic heterocycles. The highest BCUT2D eigenvalue weighted by Crippen LogP contribution is 2.40. The molecule has 24 heavy (non-hydrogen) atoms. The first-order chi connectivity index (χ1) is 11.5. The van der Waals surface area contributed by atoms with Crippen LogP contribution in [0.1, 0.15) is 49.2 Å². The summed E-state index contributed by atoms with van der Waals surface area (Å²) >= 11 is 0. The number of hydrogen-bond donors (Lipinski definition) is 0. The molecule has 0 amide bonds. The zero-order valence-corrected chi connectivity index (χ0v) is 14.5. The van der Waals surface area contributed by atoms with Gasteiger partial charge in [-0.25, -0.2) is 8.42 Å². The van der Waals surface area contributed by atoms with E-state index in [2.05, 4.69) is 15.0 Å². The quantitative estimate of drug-likeness (QED) is 0.846. The zero-order valence-electron chi connectivity index (χ0n) is 13.7. The van der Waals surface area contributed by atoms with Crippen LogP contribution in [0.15, 0.2) is 33.7 Å². The number of sulfone groups is 1. The Hall–Kier alpha value is -1.89. The summed E-state index contributed by atoms with van der Waals surface area (Å²) in [5.41, 5.74) is 1.06. The molecular weight excluding hydrogens is 326 g/mol. The highest BCUT2D eigenvalue weighted by molar-refractivity contribution is 7.90. The van der Waals surface area contributed by atoms with Gasteiger partial charge in [0.1, 0.15) is 0 Å². The van der Waals surface area contributed by atoms with Gasteiger partial charge in [-0.15, -0.1) is 0 Å². The van der Waals surface area contributed by atoms with Crippen LogP contribution in [-0.2, 0) is 9.84 Å². The molecule has 7 heteroatoms. The number of benzene rings is 1. The third-order valence-corrected chi connectivity index (χ3v) is 6.00. The Morgan fingerprint density at radius 3 is 2.29 bits per heavy atom. The standard InChI is InChI=1S/C17H21N3O3S/c1-24(21,22)15-6-4-14(5-7-15)20-10-8-12(9-11-20)16-18-17(23-19-16)13-2-3-13/h4-7,12-13H,2-3,8-11H2,1H3. The van der Waals surface area contributed by atoms with Crippen molar-refractivity contribution in [3.05, 3.63) is 36.0 Å². The van der Waals surface area contributed by atoms with Crippen molar-refractivity contribution in [2.75, 3.05) is 24.2 Å². The Balaban J connectivity index is 1.40. The summed E-state index contributed by atoms with van der Waals surface area (Å²) in [5, 5.41) is 4.17. The summed E-state index contributed by atoms with van der Waals surface area (Å²) in [5.74, 6) is 2.51. The Morgan fingerprint density at radius 1 is 1.04 bits per heavy atom. The Bertz CT molecular complexity index is 817. The minimum atomic E-state index is -3.14. The normalized spacial score (nSPS) is 19.6. The van der Waals surface area contributed by atoms with Gasteiger partial charge in [-0.1, -0.05) is 5.16 Å². The Morgan fingerprint density at radius 2 is 1.71 bits per heavy atom. The van der Waals surface area contributed by atoms with Gasteiger partial charge in [0.15, 0.2) is 15.7 Å². The van der Waals surface area contributed by atoms with Crippen molar-refractivity contribution in [1.29, 1.82) is 0 Å². The molecule has 0 atom stereocenters. The van der Waals surface area contributed by atoms with Crippen molar-refractivity contribution < 1.29 is 12.9 Å². The van der Waals surface area contributed by atoms with Crippen LogP contribution in [0.3, 0.4) is 0 Å². The summed E-state index contributed by atoms with van der Waals surface area (Å²) in [6.45, 7) is 1.83. The van der Waals surface area contributed by atoms with E-state index in [1.54, 1.807) is 12.1 Å². The molecule has 0 spiro atoms. The second kappa shape index (κ2) is 5.88. The first-order valence-corrected chi connectivity index (χ1v) is 10.3. The maximum absolute atomic E-state index is 11.5. The van der Waals surface area contributed by atoms with Crippen molar-refractivity contribution in [2.45, 2.75) is 42.4 Å². The van der Waals surface area contributed by atoms with Gasteiger partial charge in [0.05, 0.1) is 4.90 Å². The molecule has 1 aromatic heterocycles. The summed E-state index contributed by atoms with van der Waals surface area (Å²) < 4.78 is 28.4. The minimum absolute atomic E-state index is 0.354. The fraction of sp³-hybridized carbons (Fsp3) is 0.529. The van der Waals surface area contributed by atoms with E-state index in [9.17, 15) is 8.42 Å². The highest BCUT2D eigenvalue weighted by Gasteiger charge is 2.31. The summed E-state index contributed by atoms with van der Waals surface area (Å²) in [4.78, 5) is 7.21. The van der Waals surface area contributed by atoms with E-state index in [-0.39, 0.29) is 0 Å². The molecule has 0 bridgehead atoms. The number of hydrogen-bond acceptors (Lipinski definition) is 6.